The highest BCUT2D eigenvalue weighted by Crippen LogP contribution is 2.38. The number of likely N-dealkylation sites (tertiary alicyclic amines) is 1. The van der Waals surface area contributed by atoms with Gasteiger partial charge in [0.1, 0.15) is 0 Å². The third kappa shape index (κ3) is 5.27. The number of hydrogen-bond donors (Lipinski definition) is 2. The number of piperidine rings is 1. The number of nitrogens with zero attached hydrogens (tertiary/aromatic N) is 1. The van der Waals surface area contributed by atoms with E-state index < -0.39 is 0 Å². The second-order valence-electron chi connectivity index (χ2n) is 9.83. The standard InChI is InChI=1S/C31H36N2O/c32-28-14-12-27(13-15-28)31(30(7-4-22-34)25-5-2-1-3-6-25)26-10-8-23(9-11-26)24-18-20-33(21-19-24)29-16-17-29/h1-3,5-6,8-15,24,29,34H,4,7,16-22,32H2/b31-30+. The fraction of sp³-hybridized carbons (Fsp3) is 0.355. The zero-order valence-electron chi connectivity index (χ0n) is 20.0. The van der Waals surface area contributed by atoms with Crippen molar-refractivity contribution in [2.45, 2.75) is 50.5 Å². The molecule has 3 heteroatoms. The third-order valence-corrected chi connectivity index (χ3v) is 7.47. The molecule has 1 saturated heterocycles. The number of anilines is 1. The first-order valence-electron chi connectivity index (χ1n) is 12.8. The number of benzene rings is 3. The van der Waals surface area contributed by atoms with Gasteiger partial charge in [-0.1, -0.05) is 66.7 Å². The highest BCUT2D eigenvalue weighted by atomic mass is 16.2. The fourth-order valence-electron chi connectivity index (χ4n) is 5.43. The van der Waals surface area contributed by atoms with Gasteiger partial charge < -0.3 is 15.7 Å². The van der Waals surface area contributed by atoms with Crippen LogP contribution >= 0.6 is 0 Å². The molecule has 2 fully saturated rings. The van der Waals surface area contributed by atoms with E-state index in [2.05, 4.69) is 71.6 Å². The maximum absolute atomic E-state index is 9.62. The van der Waals surface area contributed by atoms with Gasteiger partial charge in [-0.15, -0.1) is 0 Å². The minimum atomic E-state index is 0.184. The van der Waals surface area contributed by atoms with Crippen molar-refractivity contribution in [2.75, 3.05) is 25.4 Å². The predicted octanol–water partition coefficient (Wildman–Crippen LogP) is 6.34. The molecule has 34 heavy (non-hydrogen) atoms. The minimum absolute atomic E-state index is 0.184. The Morgan fingerprint density at radius 3 is 1.97 bits per heavy atom. The predicted molar refractivity (Wildman–Crippen MR) is 143 cm³/mol. The molecule has 1 aliphatic heterocycles. The first-order chi connectivity index (χ1) is 16.7. The molecule has 3 aromatic rings. The molecular weight excluding hydrogens is 416 g/mol. The summed E-state index contributed by atoms with van der Waals surface area (Å²) >= 11 is 0. The highest BCUT2D eigenvalue weighted by Gasteiger charge is 2.32. The molecule has 1 heterocycles. The lowest BCUT2D eigenvalue weighted by molar-refractivity contribution is 0.203. The molecule has 3 N–H and O–H groups in total. The van der Waals surface area contributed by atoms with E-state index in [0.717, 1.165) is 30.1 Å². The second kappa shape index (κ2) is 10.6. The van der Waals surface area contributed by atoms with E-state index in [1.807, 2.05) is 12.1 Å². The summed E-state index contributed by atoms with van der Waals surface area (Å²) in [5.74, 6) is 0.663. The van der Waals surface area contributed by atoms with Gasteiger partial charge >= 0.3 is 0 Å². The van der Waals surface area contributed by atoms with Crippen LogP contribution in [0.5, 0.6) is 0 Å². The van der Waals surface area contributed by atoms with Crippen LogP contribution in [-0.2, 0) is 0 Å². The van der Waals surface area contributed by atoms with E-state index in [1.54, 1.807) is 0 Å². The first kappa shape index (κ1) is 22.9. The van der Waals surface area contributed by atoms with Gasteiger partial charge in [0.15, 0.2) is 0 Å². The Bertz CT molecular complexity index is 1090. The lowest BCUT2D eigenvalue weighted by Crippen LogP contribution is -2.34. The Hall–Kier alpha value is -2.88. The van der Waals surface area contributed by atoms with Crippen LogP contribution in [-0.4, -0.2) is 35.7 Å². The molecule has 0 bridgehead atoms. The summed E-state index contributed by atoms with van der Waals surface area (Å²) in [7, 11) is 0. The summed E-state index contributed by atoms with van der Waals surface area (Å²) in [5, 5.41) is 9.62. The number of nitrogen functional groups attached to an aromatic ring is 1. The van der Waals surface area contributed by atoms with Crippen molar-refractivity contribution in [2.24, 2.45) is 0 Å². The van der Waals surface area contributed by atoms with Gasteiger partial charge in [-0.05, 0) is 103 Å². The number of aliphatic hydroxyl groups excluding tert-OH is 1. The number of hydrogen-bond acceptors (Lipinski definition) is 3. The first-order valence-corrected chi connectivity index (χ1v) is 12.8. The molecular formula is C31H36N2O. The molecule has 2 aliphatic rings. The van der Waals surface area contributed by atoms with Gasteiger partial charge in [0.2, 0.25) is 0 Å². The van der Waals surface area contributed by atoms with E-state index in [4.69, 9.17) is 5.73 Å². The highest BCUT2D eigenvalue weighted by molar-refractivity contribution is 5.98. The van der Waals surface area contributed by atoms with Gasteiger partial charge in [0, 0.05) is 18.3 Å². The molecule has 0 unspecified atom stereocenters. The monoisotopic (exact) mass is 452 g/mol. The molecule has 0 spiro atoms. The number of allylic oxidation sites excluding steroid dienone is 1. The average molecular weight is 453 g/mol. The Morgan fingerprint density at radius 2 is 1.38 bits per heavy atom. The van der Waals surface area contributed by atoms with Crippen LogP contribution < -0.4 is 5.73 Å². The third-order valence-electron chi connectivity index (χ3n) is 7.47. The van der Waals surface area contributed by atoms with Crippen molar-refractivity contribution < 1.29 is 5.11 Å². The normalized spacial score (nSPS) is 18.0. The largest absolute Gasteiger partial charge is 0.399 e. The van der Waals surface area contributed by atoms with Gasteiger partial charge in [-0.25, -0.2) is 0 Å². The van der Waals surface area contributed by atoms with E-state index in [-0.39, 0.29) is 6.61 Å². The number of aliphatic hydroxyl groups is 1. The Balaban J connectivity index is 1.49. The fourth-order valence-corrected chi connectivity index (χ4v) is 5.43. The second-order valence-corrected chi connectivity index (χ2v) is 9.83. The van der Waals surface area contributed by atoms with Crippen LogP contribution in [0.2, 0.25) is 0 Å². The number of nitrogens with two attached hydrogens (primary N) is 1. The molecule has 176 valence electrons. The van der Waals surface area contributed by atoms with Gasteiger partial charge in [-0.3, -0.25) is 0 Å². The Morgan fingerprint density at radius 1 is 0.765 bits per heavy atom. The topological polar surface area (TPSA) is 49.5 Å². The van der Waals surface area contributed by atoms with Crippen LogP contribution in [0.15, 0.2) is 78.9 Å². The molecule has 0 amide bonds. The van der Waals surface area contributed by atoms with E-state index >= 15 is 0 Å². The summed E-state index contributed by atoms with van der Waals surface area (Å²) in [6.45, 7) is 2.67. The quantitative estimate of drug-likeness (QED) is 0.310. The van der Waals surface area contributed by atoms with E-state index in [1.165, 1.54) is 66.6 Å². The van der Waals surface area contributed by atoms with Gasteiger partial charge in [0.05, 0.1) is 0 Å². The van der Waals surface area contributed by atoms with Crippen molar-refractivity contribution >= 4 is 16.8 Å². The Kier molecular flexibility index (Phi) is 7.13. The van der Waals surface area contributed by atoms with Crippen molar-refractivity contribution in [3.63, 3.8) is 0 Å². The average Bonchev–Trinajstić information content (AvgIpc) is 3.74. The summed E-state index contributed by atoms with van der Waals surface area (Å²) in [6.07, 6.45) is 6.89. The van der Waals surface area contributed by atoms with Gasteiger partial charge in [0.25, 0.3) is 0 Å². The minimum Gasteiger partial charge on any atom is -0.399 e. The van der Waals surface area contributed by atoms with Gasteiger partial charge in [-0.2, -0.15) is 0 Å². The summed E-state index contributed by atoms with van der Waals surface area (Å²) in [5.41, 5.74) is 14.3. The zero-order chi connectivity index (χ0) is 23.3. The molecule has 0 atom stereocenters. The van der Waals surface area contributed by atoms with Crippen LogP contribution in [0, 0.1) is 0 Å². The summed E-state index contributed by atoms with van der Waals surface area (Å²) in [4.78, 5) is 2.69. The summed E-state index contributed by atoms with van der Waals surface area (Å²) < 4.78 is 0. The van der Waals surface area contributed by atoms with Crippen molar-refractivity contribution in [3.05, 3.63) is 101 Å². The van der Waals surface area contributed by atoms with Crippen LogP contribution in [0.1, 0.15) is 66.7 Å². The molecule has 0 radical (unpaired) electrons. The smallest absolute Gasteiger partial charge is 0.0434 e. The Labute approximate surface area is 203 Å². The molecule has 3 aromatic carbocycles. The van der Waals surface area contributed by atoms with Crippen LogP contribution in [0.25, 0.3) is 11.1 Å². The zero-order valence-corrected chi connectivity index (χ0v) is 20.0. The van der Waals surface area contributed by atoms with Crippen molar-refractivity contribution in [1.82, 2.24) is 4.90 Å². The lowest BCUT2D eigenvalue weighted by atomic mass is 9.85. The SMILES string of the molecule is Nc1ccc(/C(=C(\CCCO)c2ccccc2)c2ccc(C3CCN(C4CC4)CC3)cc2)cc1. The van der Waals surface area contributed by atoms with E-state index in [0.29, 0.717) is 5.92 Å². The maximum Gasteiger partial charge on any atom is 0.0434 e. The molecule has 0 aromatic heterocycles. The van der Waals surface area contributed by atoms with E-state index in [9.17, 15) is 5.11 Å². The summed E-state index contributed by atoms with van der Waals surface area (Å²) in [6, 6.07) is 28.9. The van der Waals surface area contributed by atoms with Crippen LogP contribution in [0.4, 0.5) is 5.69 Å². The lowest BCUT2D eigenvalue weighted by Gasteiger charge is -2.32. The van der Waals surface area contributed by atoms with Crippen molar-refractivity contribution in [3.8, 4) is 0 Å². The van der Waals surface area contributed by atoms with Crippen LogP contribution in [0.3, 0.4) is 0 Å². The molecule has 1 aliphatic carbocycles. The number of rotatable bonds is 8. The van der Waals surface area contributed by atoms with Crippen molar-refractivity contribution in [1.29, 1.82) is 0 Å². The molecule has 3 nitrogen and oxygen atoms in total. The molecule has 5 rings (SSSR count). The molecule has 1 saturated carbocycles. The maximum atomic E-state index is 9.62.